The van der Waals surface area contributed by atoms with Crippen molar-refractivity contribution in [1.82, 2.24) is 4.98 Å². The number of ether oxygens (including phenoxy) is 1. The van der Waals surface area contributed by atoms with Gasteiger partial charge in [-0.15, -0.1) is 13.2 Å². The Morgan fingerprint density at radius 3 is 2.72 bits per heavy atom. The lowest BCUT2D eigenvalue weighted by Gasteiger charge is -2.08. The van der Waals surface area contributed by atoms with Crippen molar-refractivity contribution in [3.63, 3.8) is 0 Å². The average molecular weight is 257 g/mol. The van der Waals surface area contributed by atoms with Gasteiger partial charge in [0.05, 0.1) is 0 Å². The number of benzene rings is 1. The number of rotatable bonds is 4. The minimum Gasteiger partial charge on any atom is -0.406 e. The molecule has 1 heterocycles. The van der Waals surface area contributed by atoms with Gasteiger partial charge in [-0.05, 0) is 36.6 Å². The molecule has 18 heavy (non-hydrogen) atoms. The summed E-state index contributed by atoms with van der Waals surface area (Å²) in [5.74, 6) is -0.174. The lowest BCUT2D eigenvalue weighted by molar-refractivity contribution is -0.274. The van der Waals surface area contributed by atoms with Crippen molar-refractivity contribution in [2.75, 3.05) is 0 Å². The van der Waals surface area contributed by atoms with E-state index in [4.69, 9.17) is 0 Å². The van der Waals surface area contributed by atoms with E-state index in [1.165, 1.54) is 12.1 Å². The third-order valence-electron chi connectivity index (χ3n) is 2.77. The van der Waals surface area contributed by atoms with Gasteiger partial charge in [-0.2, -0.15) is 0 Å². The van der Waals surface area contributed by atoms with E-state index in [-0.39, 0.29) is 5.75 Å². The molecule has 2 rings (SSSR count). The number of aryl methyl sites for hydroxylation is 1. The zero-order valence-electron chi connectivity index (χ0n) is 9.97. The third kappa shape index (κ3) is 2.97. The van der Waals surface area contributed by atoms with Gasteiger partial charge in [-0.3, -0.25) is 0 Å². The number of nitrogens with one attached hydrogen (secondary N) is 1. The molecule has 0 bridgehead atoms. The first-order chi connectivity index (χ1) is 8.49. The van der Waals surface area contributed by atoms with Crippen LogP contribution in [0.25, 0.3) is 10.9 Å². The molecule has 98 valence electrons. The fourth-order valence-corrected chi connectivity index (χ4v) is 1.93. The van der Waals surface area contributed by atoms with Gasteiger partial charge in [0, 0.05) is 17.1 Å². The Hall–Kier alpha value is -1.65. The summed E-state index contributed by atoms with van der Waals surface area (Å²) in [5, 5.41) is 0.796. The van der Waals surface area contributed by atoms with Crippen LogP contribution >= 0.6 is 0 Å². The Kier molecular flexibility index (Phi) is 3.50. The smallest absolute Gasteiger partial charge is 0.406 e. The summed E-state index contributed by atoms with van der Waals surface area (Å²) < 4.78 is 40.3. The number of unbranched alkanes of at least 4 members (excludes halogenated alkanes) is 1. The first kappa shape index (κ1) is 12.8. The van der Waals surface area contributed by atoms with E-state index in [2.05, 4.69) is 16.6 Å². The second-order valence-electron chi connectivity index (χ2n) is 4.17. The fourth-order valence-electron chi connectivity index (χ4n) is 1.93. The minimum atomic E-state index is -4.65. The molecule has 0 radical (unpaired) electrons. The number of alkyl halides is 3. The molecule has 2 nitrogen and oxygen atoms in total. The summed E-state index contributed by atoms with van der Waals surface area (Å²) in [6, 6.07) is 4.35. The molecule has 0 fully saturated rings. The SMILES string of the molecule is CCCCc1c[nH]c2ccc(OC(F)(F)F)cc12. The van der Waals surface area contributed by atoms with Crippen molar-refractivity contribution >= 4 is 10.9 Å². The molecule has 0 spiro atoms. The van der Waals surface area contributed by atoms with Crippen LogP contribution in [0, 0.1) is 0 Å². The average Bonchev–Trinajstić information content (AvgIpc) is 2.67. The Morgan fingerprint density at radius 1 is 1.28 bits per heavy atom. The van der Waals surface area contributed by atoms with Crippen LogP contribution in [-0.2, 0) is 6.42 Å². The summed E-state index contributed by atoms with van der Waals surface area (Å²) in [5.41, 5.74) is 1.86. The molecule has 5 heteroatoms. The zero-order chi connectivity index (χ0) is 13.2. The number of aromatic amines is 1. The van der Waals surface area contributed by atoms with Crippen LogP contribution in [0.3, 0.4) is 0 Å². The second-order valence-corrected chi connectivity index (χ2v) is 4.17. The molecule has 0 atom stereocenters. The molecular formula is C13H14F3NO. The van der Waals surface area contributed by atoms with Crippen LogP contribution in [0.5, 0.6) is 5.75 Å². The standard InChI is InChI=1S/C13H14F3NO/c1-2-3-4-9-8-17-12-6-5-10(7-11(9)12)18-13(14,15)16/h5-8,17H,2-4H2,1H3. The van der Waals surface area contributed by atoms with Crippen LogP contribution in [0.4, 0.5) is 13.2 Å². The molecule has 0 aliphatic carbocycles. The van der Waals surface area contributed by atoms with E-state index in [0.717, 1.165) is 35.7 Å². The maximum atomic E-state index is 12.1. The maximum absolute atomic E-state index is 12.1. The van der Waals surface area contributed by atoms with Crippen molar-refractivity contribution in [2.24, 2.45) is 0 Å². The third-order valence-corrected chi connectivity index (χ3v) is 2.77. The maximum Gasteiger partial charge on any atom is 0.573 e. The lowest BCUT2D eigenvalue weighted by atomic mass is 10.1. The Balaban J connectivity index is 2.30. The van der Waals surface area contributed by atoms with Crippen molar-refractivity contribution in [3.05, 3.63) is 30.0 Å². The van der Waals surface area contributed by atoms with Crippen molar-refractivity contribution in [3.8, 4) is 5.75 Å². The summed E-state index contributed by atoms with van der Waals surface area (Å²) in [6.07, 6.45) is 0.111. The van der Waals surface area contributed by atoms with Gasteiger partial charge in [0.1, 0.15) is 5.75 Å². The molecule has 0 saturated heterocycles. The Morgan fingerprint density at radius 2 is 2.06 bits per heavy atom. The highest BCUT2D eigenvalue weighted by atomic mass is 19.4. The number of H-pyrrole nitrogens is 1. The Bertz CT molecular complexity index is 531. The normalized spacial score (nSPS) is 12.0. The quantitative estimate of drug-likeness (QED) is 0.862. The Labute approximate surface area is 103 Å². The number of hydrogen-bond donors (Lipinski definition) is 1. The highest BCUT2D eigenvalue weighted by Crippen LogP contribution is 2.28. The summed E-state index contributed by atoms with van der Waals surface area (Å²) in [6.45, 7) is 2.08. The van der Waals surface area contributed by atoms with Crippen LogP contribution < -0.4 is 4.74 Å². The van der Waals surface area contributed by atoms with E-state index < -0.39 is 6.36 Å². The molecule has 0 aliphatic rings. The van der Waals surface area contributed by atoms with Crippen LogP contribution in [0.1, 0.15) is 25.3 Å². The molecule has 0 unspecified atom stereocenters. The van der Waals surface area contributed by atoms with Crippen molar-refractivity contribution < 1.29 is 17.9 Å². The summed E-state index contributed by atoms with van der Waals surface area (Å²) in [4.78, 5) is 3.05. The van der Waals surface area contributed by atoms with Gasteiger partial charge in [0.25, 0.3) is 0 Å². The predicted octanol–water partition coefficient (Wildman–Crippen LogP) is 4.41. The van der Waals surface area contributed by atoms with E-state index in [0.29, 0.717) is 0 Å². The van der Waals surface area contributed by atoms with Crippen molar-refractivity contribution in [2.45, 2.75) is 32.5 Å². The molecule has 0 saturated carbocycles. The summed E-state index contributed by atoms with van der Waals surface area (Å²) >= 11 is 0. The highest BCUT2D eigenvalue weighted by Gasteiger charge is 2.31. The summed E-state index contributed by atoms with van der Waals surface area (Å²) in [7, 11) is 0. The van der Waals surface area contributed by atoms with Gasteiger partial charge in [0.15, 0.2) is 0 Å². The lowest BCUT2D eigenvalue weighted by Crippen LogP contribution is -2.16. The van der Waals surface area contributed by atoms with Gasteiger partial charge < -0.3 is 9.72 Å². The molecule has 1 N–H and O–H groups in total. The fraction of sp³-hybridized carbons (Fsp3) is 0.385. The number of fused-ring (bicyclic) bond motifs is 1. The topological polar surface area (TPSA) is 25.0 Å². The van der Waals surface area contributed by atoms with E-state index in [9.17, 15) is 13.2 Å². The number of halogens is 3. The van der Waals surface area contributed by atoms with Gasteiger partial charge >= 0.3 is 6.36 Å². The molecule has 1 aromatic carbocycles. The van der Waals surface area contributed by atoms with E-state index in [1.807, 2.05) is 6.20 Å². The van der Waals surface area contributed by atoms with Crippen LogP contribution in [0.15, 0.2) is 24.4 Å². The van der Waals surface area contributed by atoms with Crippen molar-refractivity contribution in [1.29, 1.82) is 0 Å². The van der Waals surface area contributed by atoms with Gasteiger partial charge in [-0.25, -0.2) is 0 Å². The molecule has 2 aromatic rings. The largest absolute Gasteiger partial charge is 0.573 e. The molecule has 0 amide bonds. The van der Waals surface area contributed by atoms with E-state index in [1.54, 1.807) is 6.07 Å². The predicted molar refractivity (Wildman–Crippen MR) is 63.6 cm³/mol. The molecular weight excluding hydrogens is 243 g/mol. The minimum absolute atomic E-state index is 0.174. The molecule has 1 aromatic heterocycles. The molecule has 0 aliphatic heterocycles. The second kappa shape index (κ2) is 4.92. The van der Waals surface area contributed by atoms with Crippen LogP contribution in [-0.4, -0.2) is 11.3 Å². The van der Waals surface area contributed by atoms with Gasteiger partial charge in [0.2, 0.25) is 0 Å². The monoisotopic (exact) mass is 257 g/mol. The van der Waals surface area contributed by atoms with E-state index >= 15 is 0 Å². The first-order valence-corrected chi connectivity index (χ1v) is 5.85. The number of hydrogen-bond acceptors (Lipinski definition) is 1. The highest BCUT2D eigenvalue weighted by molar-refractivity contribution is 5.84. The van der Waals surface area contributed by atoms with Crippen LogP contribution in [0.2, 0.25) is 0 Å². The first-order valence-electron chi connectivity index (χ1n) is 5.85. The zero-order valence-corrected chi connectivity index (χ0v) is 9.97. The van der Waals surface area contributed by atoms with Gasteiger partial charge in [-0.1, -0.05) is 13.3 Å². The number of aromatic nitrogens is 1.